The number of hydrogen-bond donors (Lipinski definition) is 0. The van der Waals surface area contributed by atoms with Crippen LogP contribution >= 0.6 is 0 Å². The van der Waals surface area contributed by atoms with Gasteiger partial charge in [0.1, 0.15) is 11.5 Å². The summed E-state index contributed by atoms with van der Waals surface area (Å²) < 4.78 is 10.9. The number of amides is 2. The molecule has 1 aliphatic heterocycles. The van der Waals surface area contributed by atoms with Crippen molar-refractivity contribution in [1.29, 1.82) is 0 Å². The summed E-state index contributed by atoms with van der Waals surface area (Å²) in [5, 5.41) is 0. The van der Waals surface area contributed by atoms with E-state index in [1.54, 1.807) is 43.3 Å². The Kier molecular flexibility index (Phi) is 6.01. The number of ether oxygens (including phenoxy) is 2. The van der Waals surface area contributed by atoms with Crippen LogP contribution in [0.4, 0.5) is 0 Å². The Morgan fingerprint density at radius 2 is 1.55 bits per heavy atom. The highest BCUT2D eigenvalue weighted by atomic mass is 16.5. The predicted molar refractivity (Wildman–Crippen MR) is 109 cm³/mol. The first-order chi connectivity index (χ1) is 14.0. The maximum Gasteiger partial charge on any atom is 0.261 e. The largest absolute Gasteiger partial charge is 0.496 e. The molecule has 2 aromatic carbocycles. The average molecular weight is 395 g/mol. The van der Waals surface area contributed by atoms with Crippen molar-refractivity contribution in [3.63, 3.8) is 0 Å². The second kappa shape index (κ2) is 8.47. The van der Waals surface area contributed by atoms with E-state index in [0.29, 0.717) is 47.5 Å². The second-order valence-corrected chi connectivity index (χ2v) is 6.93. The first-order valence-corrected chi connectivity index (χ1v) is 9.71. The van der Waals surface area contributed by atoms with Gasteiger partial charge in [-0.3, -0.25) is 19.3 Å². The van der Waals surface area contributed by atoms with Crippen molar-refractivity contribution in [2.24, 2.45) is 0 Å². The molecule has 0 bridgehead atoms. The molecule has 0 N–H and O–H groups in total. The molecule has 0 spiro atoms. The molecule has 1 heterocycles. The predicted octanol–water partition coefficient (Wildman–Crippen LogP) is 3.91. The van der Waals surface area contributed by atoms with Crippen LogP contribution in [0.3, 0.4) is 0 Å². The third-order valence-corrected chi connectivity index (χ3v) is 5.34. The molecular weight excluding hydrogens is 370 g/mol. The number of benzene rings is 2. The van der Waals surface area contributed by atoms with E-state index in [9.17, 15) is 14.4 Å². The molecule has 0 radical (unpaired) electrons. The summed E-state index contributed by atoms with van der Waals surface area (Å²) in [6.07, 6.45) is 1.35. The molecular formula is C23H25NO5. The zero-order valence-corrected chi connectivity index (χ0v) is 17.2. The van der Waals surface area contributed by atoms with Gasteiger partial charge in [-0.15, -0.1) is 0 Å². The fourth-order valence-electron chi connectivity index (χ4n) is 3.74. The molecule has 1 atom stereocenters. The number of fused-ring (bicyclic) bond motifs is 1. The molecule has 1 unspecified atom stereocenters. The van der Waals surface area contributed by atoms with Crippen LogP contribution in [0.5, 0.6) is 11.5 Å². The average Bonchev–Trinajstić information content (AvgIpc) is 3.01. The quantitative estimate of drug-likeness (QED) is 0.500. The van der Waals surface area contributed by atoms with Crippen LogP contribution in [-0.4, -0.2) is 42.8 Å². The molecule has 0 saturated carbocycles. The van der Waals surface area contributed by atoms with E-state index < -0.39 is 0 Å². The van der Waals surface area contributed by atoms with Gasteiger partial charge in [-0.2, -0.15) is 0 Å². The summed E-state index contributed by atoms with van der Waals surface area (Å²) in [6.45, 7) is 3.73. The summed E-state index contributed by atoms with van der Waals surface area (Å²) in [5.74, 6) is 0.406. The first kappa shape index (κ1) is 20.6. The summed E-state index contributed by atoms with van der Waals surface area (Å²) in [5.41, 5.74) is 2.11. The van der Waals surface area contributed by atoms with Gasteiger partial charge in [0, 0.05) is 12.5 Å². The number of methoxy groups -OCH3 is 2. The number of imide groups is 1. The third kappa shape index (κ3) is 3.62. The minimum Gasteiger partial charge on any atom is -0.496 e. The van der Waals surface area contributed by atoms with Crippen molar-refractivity contribution in [1.82, 2.24) is 4.90 Å². The molecule has 0 fully saturated rings. The van der Waals surface area contributed by atoms with Gasteiger partial charge in [-0.05, 0) is 42.7 Å². The van der Waals surface area contributed by atoms with Crippen LogP contribution in [0.2, 0.25) is 0 Å². The van der Waals surface area contributed by atoms with E-state index >= 15 is 0 Å². The summed E-state index contributed by atoms with van der Waals surface area (Å²) in [4.78, 5) is 39.3. The second-order valence-electron chi connectivity index (χ2n) is 6.93. The highest BCUT2D eigenvalue weighted by Crippen LogP contribution is 2.33. The molecule has 29 heavy (non-hydrogen) atoms. The van der Waals surface area contributed by atoms with Crippen molar-refractivity contribution >= 4 is 17.6 Å². The third-order valence-electron chi connectivity index (χ3n) is 5.34. The molecule has 0 aliphatic carbocycles. The number of ketones is 1. The van der Waals surface area contributed by atoms with Gasteiger partial charge in [0.2, 0.25) is 0 Å². The van der Waals surface area contributed by atoms with Crippen LogP contribution in [0, 0.1) is 0 Å². The smallest absolute Gasteiger partial charge is 0.261 e. The number of Topliss-reactive ketones (excluding diaryl/α,β-unsaturated/α-hetero) is 1. The van der Waals surface area contributed by atoms with Gasteiger partial charge in [0.15, 0.2) is 5.78 Å². The lowest BCUT2D eigenvalue weighted by molar-refractivity contribution is 0.0578. The molecule has 6 heteroatoms. The van der Waals surface area contributed by atoms with Crippen LogP contribution in [0.1, 0.15) is 63.3 Å². The lowest BCUT2D eigenvalue weighted by atomic mass is 9.97. The first-order valence-electron chi connectivity index (χ1n) is 9.71. The van der Waals surface area contributed by atoms with Gasteiger partial charge in [-0.25, -0.2) is 0 Å². The van der Waals surface area contributed by atoms with E-state index in [-0.39, 0.29) is 23.6 Å². The molecule has 0 saturated heterocycles. The zero-order valence-electron chi connectivity index (χ0n) is 17.2. The lowest BCUT2D eigenvalue weighted by Crippen LogP contribution is -2.40. The van der Waals surface area contributed by atoms with E-state index in [1.165, 1.54) is 19.1 Å². The maximum absolute atomic E-state index is 12.9. The van der Waals surface area contributed by atoms with E-state index in [0.717, 1.165) is 5.56 Å². The Balaban J connectivity index is 1.97. The normalized spacial score (nSPS) is 14.0. The van der Waals surface area contributed by atoms with Crippen molar-refractivity contribution in [2.75, 3.05) is 14.2 Å². The molecule has 2 aromatic rings. The van der Waals surface area contributed by atoms with Crippen LogP contribution < -0.4 is 9.47 Å². The van der Waals surface area contributed by atoms with Gasteiger partial charge in [0.25, 0.3) is 11.8 Å². The Labute approximate surface area is 170 Å². The van der Waals surface area contributed by atoms with E-state index in [4.69, 9.17) is 9.47 Å². The van der Waals surface area contributed by atoms with E-state index in [2.05, 4.69) is 0 Å². The summed E-state index contributed by atoms with van der Waals surface area (Å²) in [6, 6.07) is 9.97. The van der Waals surface area contributed by atoms with Gasteiger partial charge in [0.05, 0.1) is 30.9 Å². The number of carbonyl (C=O) groups excluding carboxylic acids is 3. The highest BCUT2D eigenvalue weighted by molar-refractivity contribution is 6.21. The topological polar surface area (TPSA) is 72.9 Å². The van der Waals surface area contributed by atoms with Crippen molar-refractivity contribution < 1.29 is 23.9 Å². The van der Waals surface area contributed by atoms with Gasteiger partial charge < -0.3 is 9.47 Å². The fraction of sp³-hybridized carbons (Fsp3) is 0.348. The molecule has 152 valence electrons. The number of hydrogen-bond acceptors (Lipinski definition) is 5. The summed E-state index contributed by atoms with van der Waals surface area (Å²) >= 11 is 0. The molecule has 1 aliphatic rings. The van der Waals surface area contributed by atoms with Crippen molar-refractivity contribution in [3.05, 3.63) is 58.7 Å². The van der Waals surface area contributed by atoms with Gasteiger partial charge >= 0.3 is 0 Å². The highest BCUT2D eigenvalue weighted by Gasteiger charge is 2.39. The molecule has 2 amide bonds. The van der Waals surface area contributed by atoms with Crippen molar-refractivity contribution in [3.8, 4) is 11.5 Å². The standard InChI is InChI=1S/C23H25NO5/c1-5-15(24-22(26)16-9-7-8-10-17(16)23(24)27)11-14-12-21(29-4)18(19(25)6-2)13-20(14)28-3/h7-10,12-13,15H,5-6,11H2,1-4H3. The van der Waals surface area contributed by atoms with Crippen LogP contribution in [0.25, 0.3) is 0 Å². The number of nitrogens with zero attached hydrogens (tertiary/aromatic N) is 1. The van der Waals surface area contributed by atoms with Gasteiger partial charge in [-0.1, -0.05) is 26.0 Å². The van der Waals surface area contributed by atoms with E-state index in [1.807, 2.05) is 6.92 Å². The lowest BCUT2D eigenvalue weighted by Gasteiger charge is -2.26. The fourth-order valence-corrected chi connectivity index (χ4v) is 3.74. The Morgan fingerprint density at radius 1 is 0.966 bits per heavy atom. The maximum atomic E-state index is 12.9. The Bertz CT molecular complexity index is 931. The van der Waals surface area contributed by atoms with Crippen LogP contribution in [0.15, 0.2) is 36.4 Å². The molecule has 3 rings (SSSR count). The number of carbonyl (C=O) groups is 3. The zero-order chi connectivity index (χ0) is 21.1. The van der Waals surface area contributed by atoms with Crippen LogP contribution in [-0.2, 0) is 6.42 Å². The molecule has 6 nitrogen and oxygen atoms in total. The number of rotatable bonds is 8. The SMILES string of the molecule is CCC(=O)c1cc(OC)c(CC(CC)N2C(=O)c3ccccc3C2=O)cc1OC. The monoisotopic (exact) mass is 395 g/mol. The Morgan fingerprint density at radius 3 is 2.03 bits per heavy atom. The molecule has 0 aromatic heterocycles. The summed E-state index contributed by atoms with van der Waals surface area (Å²) in [7, 11) is 3.05. The van der Waals surface area contributed by atoms with Crippen molar-refractivity contribution in [2.45, 2.75) is 39.2 Å². The minimum atomic E-state index is -0.339. The minimum absolute atomic E-state index is 0.0425. The Hall–Kier alpha value is -3.15.